The molecule has 0 heterocycles. The van der Waals surface area contributed by atoms with E-state index in [1.165, 1.54) is 32.1 Å². The molecule has 3 heteroatoms. The molecule has 0 saturated heterocycles. The van der Waals surface area contributed by atoms with Gasteiger partial charge in [-0.3, -0.25) is 0 Å². The molecule has 2 aliphatic rings. The minimum Gasteiger partial charge on any atom is -0.335 e. The second-order valence-corrected chi connectivity index (χ2v) is 5.68. The smallest absolute Gasteiger partial charge is 0.317 e. The van der Waals surface area contributed by atoms with Crippen LogP contribution in [0.2, 0.25) is 0 Å². The highest BCUT2D eigenvalue weighted by Crippen LogP contribution is 2.28. The fourth-order valence-corrected chi connectivity index (χ4v) is 2.04. The summed E-state index contributed by atoms with van der Waals surface area (Å²) in [5.74, 6) is 0.678. The van der Waals surface area contributed by atoms with Gasteiger partial charge in [0, 0.05) is 18.6 Å². The molecule has 92 valence electrons. The van der Waals surface area contributed by atoms with Crippen LogP contribution in [0.25, 0.3) is 0 Å². The maximum absolute atomic E-state index is 12.1. The van der Waals surface area contributed by atoms with E-state index in [1.54, 1.807) is 0 Å². The number of nitrogens with zero attached hydrogens (tertiary/aromatic N) is 1. The van der Waals surface area contributed by atoms with E-state index < -0.39 is 0 Å². The molecule has 3 nitrogen and oxygen atoms in total. The van der Waals surface area contributed by atoms with Crippen LogP contribution in [-0.4, -0.2) is 29.6 Å². The van der Waals surface area contributed by atoms with E-state index in [-0.39, 0.29) is 6.03 Å². The number of amides is 2. The van der Waals surface area contributed by atoms with Crippen molar-refractivity contribution in [3.05, 3.63) is 0 Å². The zero-order valence-electron chi connectivity index (χ0n) is 10.5. The Morgan fingerprint density at radius 2 is 2.00 bits per heavy atom. The predicted octanol–water partition coefficient (Wildman–Crippen LogP) is 2.76. The van der Waals surface area contributed by atoms with Gasteiger partial charge in [0.2, 0.25) is 0 Å². The first-order chi connectivity index (χ1) is 7.66. The Morgan fingerprint density at radius 3 is 2.44 bits per heavy atom. The lowest BCUT2D eigenvalue weighted by Gasteiger charge is -2.31. The number of hydrogen-bond acceptors (Lipinski definition) is 1. The Bertz CT molecular complexity index is 244. The Kier molecular flexibility index (Phi) is 3.72. The van der Waals surface area contributed by atoms with Gasteiger partial charge in [-0.2, -0.15) is 0 Å². The van der Waals surface area contributed by atoms with Gasteiger partial charge in [0.1, 0.15) is 0 Å². The van der Waals surface area contributed by atoms with E-state index in [1.807, 2.05) is 0 Å². The first-order valence-electron chi connectivity index (χ1n) is 6.74. The molecule has 2 saturated carbocycles. The largest absolute Gasteiger partial charge is 0.335 e. The molecule has 2 amide bonds. The third-order valence-electron chi connectivity index (χ3n) is 3.63. The standard InChI is InChI=1S/C13H24N2O/c1-10(2)8-9-15(12-6-7-12)13(16)14-11-4-3-5-11/h10-12H,3-9H2,1-2H3,(H,14,16). The fraction of sp³-hybridized carbons (Fsp3) is 0.923. The average Bonchev–Trinajstić information content (AvgIpc) is 2.95. The van der Waals surface area contributed by atoms with Crippen LogP contribution in [0.4, 0.5) is 4.79 Å². The van der Waals surface area contributed by atoms with Crippen molar-refractivity contribution in [2.45, 2.75) is 64.5 Å². The number of carbonyl (C=O) groups is 1. The first-order valence-corrected chi connectivity index (χ1v) is 6.74. The number of carbonyl (C=O) groups excluding carboxylic acids is 1. The molecule has 0 unspecified atom stereocenters. The molecule has 0 aromatic rings. The predicted molar refractivity (Wildman–Crippen MR) is 65.4 cm³/mol. The second-order valence-electron chi connectivity index (χ2n) is 5.68. The molecule has 0 spiro atoms. The summed E-state index contributed by atoms with van der Waals surface area (Å²) in [6, 6.07) is 1.19. The Morgan fingerprint density at radius 1 is 1.31 bits per heavy atom. The van der Waals surface area contributed by atoms with Crippen molar-refractivity contribution in [2.24, 2.45) is 5.92 Å². The maximum Gasteiger partial charge on any atom is 0.317 e. The minimum atomic E-state index is 0.188. The van der Waals surface area contributed by atoms with Crippen LogP contribution in [0.5, 0.6) is 0 Å². The summed E-state index contributed by atoms with van der Waals surface area (Å²) in [5.41, 5.74) is 0. The lowest BCUT2D eigenvalue weighted by molar-refractivity contribution is 0.180. The second kappa shape index (κ2) is 5.07. The summed E-state index contributed by atoms with van der Waals surface area (Å²) < 4.78 is 0. The summed E-state index contributed by atoms with van der Waals surface area (Å²) in [6.45, 7) is 5.37. The van der Waals surface area contributed by atoms with Gasteiger partial charge in [-0.15, -0.1) is 0 Å². The van der Waals surface area contributed by atoms with Gasteiger partial charge in [-0.05, 0) is 44.4 Å². The quantitative estimate of drug-likeness (QED) is 0.765. The molecular formula is C13H24N2O. The summed E-state index contributed by atoms with van der Waals surface area (Å²) in [6.07, 6.45) is 7.16. The van der Waals surface area contributed by atoms with E-state index in [0.717, 1.165) is 13.0 Å². The van der Waals surface area contributed by atoms with E-state index in [9.17, 15) is 4.79 Å². The van der Waals surface area contributed by atoms with E-state index >= 15 is 0 Å². The topological polar surface area (TPSA) is 32.3 Å². The highest BCUT2D eigenvalue weighted by Gasteiger charge is 2.33. The molecule has 0 atom stereocenters. The van der Waals surface area contributed by atoms with Crippen molar-refractivity contribution < 1.29 is 4.79 Å². The maximum atomic E-state index is 12.1. The molecule has 2 rings (SSSR count). The molecule has 0 aromatic carbocycles. The normalized spacial score (nSPS) is 20.7. The van der Waals surface area contributed by atoms with Crippen LogP contribution in [0.15, 0.2) is 0 Å². The summed E-state index contributed by atoms with van der Waals surface area (Å²) in [5, 5.41) is 3.15. The molecule has 1 N–H and O–H groups in total. The van der Waals surface area contributed by atoms with Gasteiger partial charge < -0.3 is 10.2 Å². The van der Waals surface area contributed by atoms with Crippen molar-refractivity contribution >= 4 is 6.03 Å². The van der Waals surface area contributed by atoms with Crippen LogP contribution in [-0.2, 0) is 0 Å². The molecule has 0 aromatic heterocycles. The van der Waals surface area contributed by atoms with Crippen molar-refractivity contribution in [2.75, 3.05) is 6.54 Å². The van der Waals surface area contributed by atoms with Gasteiger partial charge in [0.15, 0.2) is 0 Å². The zero-order chi connectivity index (χ0) is 11.5. The lowest BCUT2D eigenvalue weighted by atomic mass is 9.93. The van der Waals surface area contributed by atoms with Crippen molar-refractivity contribution in [3.63, 3.8) is 0 Å². The summed E-state index contributed by atoms with van der Waals surface area (Å²) >= 11 is 0. The Hall–Kier alpha value is -0.730. The third kappa shape index (κ3) is 3.13. The number of urea groups is 1. The highest BCUT2D eigenvalue weighted by molar-refractivity contribution is 5.75. The first kappa shape index (κ1) is 11.7. The molecule has 2 aliphatic carbocycles. The number of hydrogen-bond donors (Lipinski definition) is 1. The van der Waals surface area contributed by atoms with Gasteiger partial charge in [0.25, 0.3) is 0 Å². The van der Waals surface area contributed by atoms with Crippen LogP contribution < -0.4 is 5.32 Å². The molecular weight excluding hydrogens is 200 g/mol. The van der Waals surface area contributed by atoms with Crippen LogP contribution in [0, 0.1) is 5.92 Å². The van der Waals surface area contributed by atoms with Crippen LogP contribution >= 0.6 is 0 Å². The average molecular weight is 224 g/mol. The van der Waals surface area contributed by atoms with E-state index in [4.69, 9.17) is 0 Å². The molecule has 16 heavy (non-hydrogen) atoms. The number of rotatable bonds is 5. The van der Waals surface area contributed by atoms with Crippen molar-refractivity contribution in [1.29, 1.82) is 0 Å². The van der Waals surface area contributed by atoms with Crippen molar-refractivity contribution in [1.82, 2.24) is 10.2 Å². The zero-order valence-corrected chi connectivity index (χ0v) is 10.5. The van der Waals surface area contributed by atoms with E-state index in [0.29, 0.717) is 18.0 Å². The van der Waals surface area contributed by atoms with Crippen LogP contribution in [0.3, 0.4) is 0 Å². The van der Waals surface area contributed by atoms with Gasteiger partial charge in [-0.25, -0.2) is 4.79 Å². The summed E-state index contributed by atoms with van der Waals surface area (Å²) in [4.78, 5) is 14.1. The van der Waals surface area contributed by atoms with Gasteiger partial charge in [-0.1, -0.05) is 13.8 Å². The summed E-state index contributed by atoms with van der Waals surface area (Å²) in [7, 11) is 0. The number of nitrogens with one attached hydrogen (secondary N) is 1. The van der Waals surface area contributed by atoms with Crippen molar-refractivity contribution in [3.8, 4) is 0 Å². The lowest BCUT2D eigenvalue weighted by Crippen LogP contribution is -2.48. The minimum absolute atomic E-state index is 0.188. The fourth-order valence-electron chi connectivity index (χ4n) is 2.04. The third-order valence-corrected chi connectivity index (χ3v) is 3.63. The monoisotopic (exact) mass is 224 g/mol. The molecule has 0 radical (unpaired) electrons. The Labute approximate surface area is 98.6 Å². The van der Waals surface area contributed by atoms with Gasteiger partial charge >= 0.3 is 6.03 Å². The van der Waals surface area contributed by atoms with Gasteiger partial charge in [0.05, 0.1) is 0 Å². The van der Waals surface area contributed by atoms with E-state index in [2.05, 4.69) is 24.1 Å². The highest BCUT2D eigenvalue weighted by atomic mass is 16.2. The molecule has 2 fully saturated rings. The molecule has 0 aliphatic heterocycles. The Balaban J connectivity index is 1.77. The SMILES string of the molecule is CC(C)CCN(C(=O)NC1CCC1)C1CC1. The molecule has 0 bridgehead atoms. The van der Waals surface area contributed by atoms with Crippen LogP contribution in [0.1, 0.15) is 52.4 Å².